The molecule has 5 nitrogen and oxygen atoms in total. The van der Waals surface area contributed by atoms with Gasteiger partial charge in [0, 0.05) is 19.7 Å². The number of carboxylic acid groups (broad SMARTS) is 1. The number of carboxylic acids is 1. The Morgan fingerprint density at radius 3 is 2.65 bits per heavy atom. The van der Waals surface area contributed by atoms with Gasteiger partial charge in [-0.2, -0.15) is 0 Å². The highest BCUT2D eigenvalue weighted by atomic mass is 16.5. The molecule has 1 unspecified atom stereocenters. The highest BCUT2D eigenvalue weighted by Gasteiger charge is 2.50. The molecule has 17 heavy (non-hydrogen) atoms. The molecule has 0 spiro atoms. The summed E-state index contributed by atoms with van der Waals surface area (Å²) in [5, 5.41) is 12.5. The van der Waals surface area contributed by atoms with E-state index in [0.717, 1.165) is 19.4 Å². The van der Waals surface area contributed by atoms with Crippen LogP contribution in [-0.2, 0) is 9.53 Å². The van der Waals surface area contributed by atoms with Crippen molar-refractivity contribution in [2.75, 3.05) is 40.4 Å². The molecule has 100 valence electrons. The summed E-state index contributed by atoms with van der Waals surface area (Å²) in [5.41, 5.74) is -0.791. The third-order valence-electron chi connectivity index (χ3n) is 3.44. The SMILES string of the molecule is CCOCCN(C)CC(NC)(C(=O)O)C1CC1. The van der Waals surface area contributed by atoms with Gasteiger partial charge in [0.1, 0.15) is 5.54 Å². The molecule has 0 bridgehead atoms. The zero-order valence-electron chi connectivity index (χ0n) is 11.0. The van der Waals surface area contributed by atoms with E-state index in [9.17, 15) is 9.90 Å². The molecule has 0 radical (unpaired) electrons. The Balaban J connectivity index is 2.51. The van der Waals surface area contributed by atoms with Crippen molar-refractivity contribution in [2.45, 2.75) is 25.3 Å². The van der Waals surface area contributed by atoms with Gasteiger partial charge in [-0.05, 0) is 39.8 Å². The van der Waals surface area contributed by atoms with Crippen LogP contribution in [0.4, 0.5) is 0 Å². The number of ether oxygens (including phenoxy) is 1. The Labute approximate surface area is 103 Å². The molecule has 1 atom stereocenters. The molecule has 1 saturated carbocycles. The molecule has 0 heterocycles. The van der Waals surface area contributed by atoms with Gasteiger partial charge in [0.05, 0.1) is 6.61 Å². The van der Waals surface area contributed by atoms with Gasteiger partial charge in [-0.25, -0.2) is 0 Å². The molecule has 1 rings (SSSR count). The van der Waals surface area contributed by atoms with Gasteiger partial charge in [0.2, 0.25) is 0 Å². The highest BCUT2D eigenvalue weighted by molar-refractivity contribution is 5.80. The van der Waals surface area contributed by atoms with E-state index in [4.69, 9.17) is 4.74 Å². The van der Waals surface area contributed by atoms with Crippen LogP contribution in [0.3, 0.4) is 0 Å². The van der Waals surface area contributed by atoms with Crippen LogP contribution in [0.25, 0.3) is 0 Å². The lowest BCUT2D eigenvalue weighted by atomic mass is 9.93. The van der Waals surface area contributed by atoms with Crippen LogP contribution >= 0.6 is 0 Å². The number of aliphatic carboxylic acids is 1. The first-order valence-corrected chi connectivity index (χ1v) is 6.25. The molecule has 0 aromatic carbocycles. The summed E-state index contributed by atoms with van der Waals surface area (Å²) in [7, 11) is 3.68. The monoisotopic (exact) mass is 244 g/mol. The fraction of sp³-hybridized carbons (Fsp3) is 0.917. The van der Waals surface area contributed by atoms with E-state index >= 15 is 0 Å². The highest BCUT2D eigenvalue weighted by Crippen LogP contribution is 2.40. The number of likely N-dealkylation sites (N-methyl/N-ethyl adjacent to an activating group) is 2. The van der Waals surface area contributed by atoms with Gasteiger partial charge in [0.25, 0.3) is 0 Å². The molecule has 2 N–H and O–H groups in total. The second kappa shape index (κ2) is 6.33. The number of rotatable bonds is 9. The normalized spacial score (nSPS) is 19.3. The van der Waals surface area contributed by atoms with Crippen molar-refractivity contribution in [3.05, 3.63) is 0 Å². The number of nitrogens with zero attached hydrogens (tertiary/aromatic N) is 1. The number of carbonyl (C=O) groups is 1. The topological polar surface area (TPSA) is 61.8 Å². The van der Waals surface area contributed by atoms with Crippen molar-refractivity contribution in [3.63, 3.8) is 0 Å². The molecular formula is C12H24N2O3. The van der Waals surface area contributed by atoms with Crippen LogP contribution in [0.5, 0.6) is 0 Å². The summed E-state index contributed by atoms with van der Waals surface area (Å²) in [5.74, 6) is -0.481. The lowest BCUT2D eigenvalue weighted by Crippen LogP contribution is -2.59. The van der Waals surface area contributed by atoms with Crippen LogP contribution in [0.15, 0.2) is 0 Å². The molecule has 0 aromatic heterocycles. The second-order valence-electron chi connectivity index (χ2n) is 4.74. The molecule has 1 aliphatic rings. The third kappa shape index (κ3) is 3.66. The van der Waals surface area contributed by atoms with E-state index in [1.54, 1.807) is 7.05 Å². The van der Waals surface area contributed by atoms with Crippen molar-refractivity contribution in [1.29, 1.82) is 0 Å². The van der Waals surface area contributed by atoms with E-state index in [1.807, 2.05) is 18.9 Å². The van der Waals surface area contributed by atoms with Gasteiger partial charge in [0.15, 0.2) is 0 Å². The Morgan fingerprint density at radius 2 is 2.24 bits per heavy atom. The molecule has 0 aromatic rings. The van der Waals surface area contributed by atoms with Crippen molar-refractivity contribution in [3.8, 4) is 0 Å². The molecule has 1 aliphatic carbocycles. The van der Waals surface area contributed by atoms with Gasteiger partial charge < -0.3 is 20.1 Å². The predicted molar refractivity (Wildman–Crippen MR) is 66.1 cm³/mol. The maximum Gasteiger partial charge on any atom is 0.325 e. The molecular weight excluding hydrogens is 220 g/mol. The molecule has 5 heteroatoms. The average Bonchev–Trinajstić information content (AvgIpc) is 3.10. The average molecular weight is 244 g/mol. The maximum absolute atomic E-state index is 11.5. The first kappa shape index (κ1) is 14.4. The summed E-state index contributed by atoms with van der Waals surface area (Å²) in [6, 6.07) is 0. The predicted octanol–water partition coefficient (Wildman–Crippen LogP) is 0.408. The Kier molecular flexibility index (Phi) is 5.36. The lowest BCUT2D eigenvalue weighted by molar-refractivity contribution is -0.146. The quantitative estimate of drug-likeness (QED) is 0.575. The van der Waals surface area contributed by atoms with Gasteiger partial charge in [-0.15, -0.1) is 0 Å². The first-order chi connectivity index (χ1) is 8.06. The van der Waals surface area contributed by atoms with Crippen molar-refractivity contribution >= 4 is 5.97 Å². The van der Waals surface area contributed by atoms with E-state index in [2.05, 4.69) is 5.32 Å². The summed E-state index contributed by atoms with van der Waals surface area (Å²) in [6.45, 7) is 4.59. The molecule has 1 fully saturated rings. The van der Waals surface area contributed by atoms with Crippen LogP contribution in [-0.4, -0.2) is 61.9 Å². The molecule has 0 aliphatic heterocycles. The Morgan fingerprint density at radius 1 is 1.59 bits per heavy atom. The van der Waals surface area contributed by atoms with Crippen molar-refractivity contribution in [1.82, 2.24) is 10.2 Å². The summed E-state index contributed by atoms with van der Waals surface area (Å²) >= 11 is 0. The Bertz CT molecular complexity index is 256. The zero-order chi connectivity index (χ0) is 12.9. The van der Waals surface area contributed by atoms with Gasteiger partial charge in [-0.3, -0.25) is 4.79 Å². The fourth-order valence-electron chi connectivity index (χ4n) is 2.21. The largest absolute Gasteiger partial charge is 0.480 e. The van der Waals surface area contributed by atoms with Crippen LogP contribution < -0.4 is 5.32 Å². The van der Waals surface area contributed by atoms with Crippen molar-refractivity contribution < 1.29 is 14.6 Å². The minimum atomic E-state index is -0.791. The number of hydrogen-bond donors (Lipinski definition) is 2. The standard InChI is InChI=1S/C12H24N2O3/c1-4-17-8-7-14(3)9-12(13-2,11(15)16)10-5-6-10/h10,13H,4-9H2,1-3H3,(H,15,16). The van der Waals surface area contributed by atoms with Gasteiger partial charge in [-0.1, -0.05) is 0 Å². The second-order valence-corrected chi connectivity index (χ2v) is 4.74. The minimum Gasteiger partial charge on any atom is -0.480 e. The maximum atomic E-state index is 11.5. The molecule has 0 saturated heterocycles. The van der Waals surface area contributed by atoms with Crippen LogP contribution in [0.1, 0.15) is 19.8 Å². The van der Waals surface area contributed by atoms with E-state index in [1.165, 1.54) is 0 Å². The summed E-state index contributed by atoms with van der Waals surface area (Å²) < 4.78 is 5.28. The summed E-state index contributed by atoms with van der Waals surface area (Å²) in [4.78, 5) is 13.5. The minimum absolute atomic E-state index is 0.263. The van der Waals surface area contributed by atoms with Crippen LogP contribution in [0, 0.1) is 5.92 Å². The van der Waals surface area contributed by atoms with Crippen LogP contribution in [0.2, 0.25) is 0 Å². The summed E-state index contributed by atoms with van der Waals surface area (Å²) in [6.07, 6.45) is 2.01. The van der Waals surface area contributed by atoms with Gasteiger partial charge >= 0.3 is 5.97 Å². The number of nitrogens with one attached hydrogen (secondary N) is 1. The van der Waals surface area contributed by atoms with E-state index in [0.29, 0.717) is 19.8 Å². The number of hydrogen-bond acceptors (Lipinski definition) is 4. The first-order valence-electron chi connectivity index (χ1n) is 6.25. The fourth-order valence-corrected chi connectivity index (χ4v) is 2.21. The lowest BCUT2D eigenvalue weighted by Gasteiger charge is -2.33. The Hall–Kier alpha value is -0.650. The molecule has 0 amide bonds. The van der Waals surface area contributed by atoms with Crippen molar-refractivity contribution in [2.24, 2.45) is 5.92 Å². The smallest absolute Gasteiger partial charge is 0.325 e. The van der Waals surface area contributed by atoms with E-state index in [-0.39, 0.29) is 5.92 Å². The third-order valence-corrected chi connectivity index (χ3v) is 3.44. The zero-order valence-corrected chi connectivity index (χ0v) is 11.0. The van der Waals surface area contributed by atoms with E-state index < -0.39 is 11.5 Å².